The molecule has 0 spiro atoms. The van der Waals surface area contributed by atoms with E-state index in [0.29, 0.717) is 37.0 Å². The Bertz CT molecular complexity index is 711. The van der Waals surface area contributed by atoms with Crippen LogP contribution in [0.3, 0.4) is 0 Å². The van der Waals surface area contributed by atoms with Crippen molar-refractivity contribution in [2.24, 2.45) is 5.92 Å². The van der Waals surface area contributed by atoms with E-state index in [2.05, 4.69) is 5.32 Å². The Balaban J connectivity index is 1.35. The van der Waals surface area contributed by atoms with Crippen LogP contribution in [0.4, 0.5) is 0 Å². The Morgan fingerprint density at radius 1 is 1.04 bits per heavy atom. The molecular weight excluding hydrogens is 358 g/mol. The van der Waals surface area contributed by atoms with Crippen molar-refractivity contribution in [2.75, 3.05) is 33.7 Å². The summed E-state index contributed by atoms with van der Waals surface area (Å²) in [5.41, 5.74) is 0.592. The molecule has 2 unspecified atom stereocenters. The molecule has 1 aliphatic heterocycles. The molecule has 0 aromatic heterocycles. The number of benzene rings is 2. The van der Waals surface area contributed by atoms with Crippen LogP contribution in [0.25, 0.3) is 0 Å². The maximum absolute atomic E-state index is 12.3. The summed E-state index contributed by atoms with van der Waals surface area (Å²) in [5.74, 6) is 1.82. The predicted molar refractivity (Wildman–Crippen MR) is 106 cm³/mol. The Morgan fingerprint density at radius 2 is 1.79 bits per heavy atom. The first-order valence-corrected chi connectivity index (χ1v) is 9.54. The van der Waals surface area contributed by atoms with E-state index >= 15 is 0 Å². The summed E-state index contributed by atoms with van der Waals surface area (Å²) >= 11 is 0. The number of rotatable bonds is 9. The van der Waals surface area contributed by atoms with Gasteiger partial charge in [0, 0.05) is 25.1 Å². The van der Waals surface area contributed by atoms with Gasteiger partial charge in [0.2, 0.25) is 0 Å². The molecule has 1 saturated heterocycles. The Kier molecular flexibility index (Phi) is 7.70. The minimum Gasteiger partial charge on any atom is -0.493 e. The van der Waals surface area contributed by atoms with E-state index in [-0.39, 0.29) is 18.8 Å². The Hall–Kier alpha value is -2.57. The zero-order valence-corrected chi connectivity index (χ0v) is 16.1. The highest BCUT2D eigenvalue weighted by molar-refractivity contribution is 5.94. The quantitative estimate of drug-likeness (QED) is 0.671. The molecule has 2 atom stereocenters. The van der Waals surface area contributed by atoms with Crippen LogP contribution in [0.15, 0.2) is 54.6 Å². The van der Waals surface area contributed by atoms with Crippen molar-refractivity contribution in [2.45, 2.75) is 18.9 Å². The molecular formula is C22H27NO5. The molecule has 28 heavy (non-hydrogen) atoms. The van der Waals surface area contributed by atoms with Crippen LogP contribution in [0.1, 0.15) is 23.2 Å². The second kappa shape index (κ2) is 10.7. The van der Waals surface area contributed by atoms with Gasteiger partial charge in [-0.3, -0.25) is 4.79 Å². The third-order valence-electron chi connectivity index (χ3n) is 4.64. The molecule has 0 radical (unpaired) electrons. The molecule has 1 aliphatic rings. The molecule has 3 rings (SSSR count). The number of hydrogen-bond donors (Lipinski definition) is 1. The third kappa shape index (κ3) is 6.25. The number of methoxy groups -OCH3 is 1. The van der Waals surface area contributed by atoms with Gasteiger partial charge in [0.15, 0.2) is 6.79 Å². The van der Waals surface area contributed by atoms with Crippen molar-refractivity contribution in [1.29, 1.82) is 0 Å². The molecule has 0 saturated carbocycles. The van der Waals surface area contributed by atoms with Gasteiger partial charge in [0.25, 0.3) is 5.91 Å². The molecule has 0 aliphatic carbocycles. The molecule has 2 aromatic rings. The number of amides is 1. The molecule has 1 amide bonds. The van der Waals surface area contributed by atoms with Crippen LogP contribution in [0, 0.1) is 5.92 Å². The number of carbonyl (C=O) groups is 1. The van der Waals surface area contributed by atoms with E-state index in [1.54, 1.807) is 31.4 Å². The molecule has 1 fully saturated rings. The van der Waals surface area contributed by atoms with Crippen molar-refractivity contribution in [1.82, 2.24) is 5.32 Å². The minimum absolute atomic E-state index is 0.0428. The van der Waals surface area contributed by atoms with Gasteiger partial charge in [0.05, 0.1) is 19.3 Å². The molecule has 1 heterocycles. The van der Waals surface area contributed by atoms with E-state index in [4.69, 9.17) is 18.9 Å². The monoisotopic (exact) mass is 385 g/mol. The van der Waals surface area contributed by atoms with Crippen LogP contribution in [-0.4, -0.2) is 45.7 Å². The lowest BCUT2D eigenvalue weighted by molar-refractivity contribution is -0.0251. The Morgan fingerprint density at radius 3 is 2.46 bits per heavy atom. The van der Waals surface area contributed by atoms with Gasteiger partial charge in [-0.15, -0.1) is 0 Å². The van der Waals surface area contributed by atoms with Crippen molar-refractivity contribution in [3.8, 4) is 11.5 Å². The summed E-state index contributed by atoms with van der Waals surface area (Å²) in [6, 6.07) is 16.8. The predicted octanol–water partition coefficient (Wildman–Crippen LogP) is 3.27. The normalized spacial score (nSPS) is 19.0. The van der Waals surface area contributed by atoms with Gasteiger partial charge in [-0.1, -0.05) is 18.2 Å². The van der Waals surface area contributed by atoms with Gasteiger partial charge >= 0.3 is 0 Å². The number of nitrogens with one attached hydrogen (secondary N) is 1. The summed E-state index contributed by atoms with van der Waals surface area (Å²) in [7, 11) is 1.56. The molecule has 1 N–H and O–H groups in total. The van der Waals surface area contributed by atoms with Crippen LogP contribution < -0.4 is 14.8 Å². The molecule has 150 valence electrons. The summed E-state index contributed by atoms with van der Waals surface area (Å²) in [4.78, 5) is 12.3. The van der Waals surface area contributed by atoms with Gasteiger partial charge in [-0.05, 0) is 49.2 Å². The summed E-state index contributed by atoms with van der Waals surface area (Å²) < 4.78 is 21.9. The van der Waals surface area contributed by atoms with Gasteiger partial charge < -0.3 is 24.3 Å². The zero-order chi connectivity index (χ0) is 19.6. The summed E-state index contributed by atoms with van der Waals surface area (Å²) in [5, 5.41) is 2.94. The van der Waals surface area contributed by atoms with Crippen LogP contribution in [0.5, 0.6) is 11.5 Å². The second-order valence-corrected chi connectivity index (χ2v) is 6.81. The van der Waals surface area contributed by atoms with Crippen LogP contribution in [0.2, 0.25) is 0 Å². The molecule has 0 bridgehead atoms. The number of hydrogen-bond acceptors (Lipinski definition) is 5. The van der Waals surface area contributed by atoms with Gasteiger partial charge in [-0.25, -0.2) is 0 Å². The highest BCUT2D eigenvalue weighted by Gasteiger charge is 2.22. The lowest BCUT2D eigenvalue weighted by Gasteiger charge is -2.29. The van der Waals surface area contributed by atoms with E-state index in [0.717, 1.165) is 18.6 Å². The summed E-state index contributed by atoms with van der Waals surface area (Å²) in [6.07, 6.45) is 1.98. The molecule has 6 nitrogen and oxygen atoms in total. The number of ether oxygens (including phenoxy) is 4. The highest BCUT2D eigenvalue weighted by atomic mass is 16.7. The first-order chi connectivity index (χ1) is 13.7. The van der Waals surface area contributed by atoms with Crippen molar-refractivity contribution in [3.05, 3.63) is 60.2 Å². The van der Waals surface area contributed by atoms with E-state index in [1.165, 1.54) is 0 Å². The lowest BCUT2D eigenvalue weighted by atomic mass is 9.99. The minimum atomic E-state index is -0.114. The maximum atomic E-state index is 12.3. The Labute approximate surface area is 165 Å². The number of para-hydroxylation sites is 1. The third-order valence-corrected chi connectivity index (χ3v) is 4.64. The maximum Gasteiger partial charge on any atom is 0.251 e. The van der Waals surface area contributed by atoms with Crippen molar-refractivity contribution in [3.63, 3.8) is 0 Å². The first-order valence-electron chi connectivity index (χ1n) is 9.54. The fourth-order valence-electron chi connectivity index (χ4n) is 3.02. The lowest BCUT2D eigenvalue weighted by Crippen LogP contribution is -2.38. The first kappa shape index (κ1) is 20.2. The summed E-state index contributed by atoms with van der Waals surface area (Å²) in [6.45, 7) is 1.99. The van der Waals surface area contributed by atoms with E-state index in [9.17, 15) is 4.79 Å². The van der Waals surface area contributed by atoms with E-state index < -0.39 is 0 Å². The number of carbonyl (C=O) groups excluding carboxylic acids is 1. The highest BCUT2D eigenvalue weighted by Crippen LogP contribution is 2.20. The second-order valence-electron chi connectivity index (χ2n) is 6.81. The van der Waals surface area contributed by atoms with Gasteiger partial charge in [0.1, 0.15) is 11.5 Å². The average Bonchev–Trinajstić information content (AvgIpc) is 2.76. The van der Waals surface area contributed by atoms with Crippen molar-refractivity contribution < 1.29 is 23.7 Å². The van der Waals surface area contributed by atoms with Crippen LogP contribution in [-0.2, 0) is 9.47 Å². The smallest absolute Gasteiger partial charge is 0.251 e. The molecule has 6 heteroatoms. The zero-order valence-electron chi connectivity index (χ0n) is 16.1. The largest absolute Gasteiger partial charge is 0.493 e. The topological polar surface area (TPSA) is 66.0 Å². The van der Waals surface area contributed by atoms with Crippen molar-refractivity contribution >= 4 is 5.91 Å². The fraction of sp³-hybridized carbons (Fsp3) is 0.409. The van der Waals surface area contributed by atoms with E-state index in [1.807, 2.05) is 30.3 Å². The van der Waals surface area contributed by atoms with Gasteiger partial charge in [-0.2, -0.15) is 0 Å². The standard InChI is InChI=1S/C22H27NO5/c1-25-16-28-20-11-8-18(9-12-20)22(24)23-13-21-10-7-17(15-27-21)14-26-19-5-3-2-4-6-19/h2-6,8-9,11-12,17,21H,7,10,13-16H2,1H3,(H,23,24). The average molecular weight is 385 g/mol. The SMILES string of the molecule is COCOc1ccc(C(=O)NCC2CCC(COc3ccccc3)CO2)cc1. The molecule has 2 aromatic carbocycles. The van der Waals surface area contributed by atoms with Crippen LogP contribution >= 0.6 is 0 Å². The fourth-order valence-corrected chi connectivity index (χ4v) is 3.02.